The van der Waals surface area contributed by atoms with Crippen molar-refractivity contribution < 1.29 is 9.53 Å². The van der Waals surface area contributed by atoms with Crippen molar-refractivity contribution >= 4 is 22.2 Å². The predicted octanol–water partition coefficient (Wildman–Crippen LogP) is 2.63. The zero-order chi connectivity index (χ0) is 13.5. The summed E-state index contributed by atoms with van der Waals surface area (Å²) in [4.78, 5) is 16.1. The van der Waals surface area contributed by atoms with Crippen LogP contribution in [-0.2, 0) is 17.6 Å². The zero-order valence-corrected chi connectivity index (χ0v) is 12.4. The Hall–Kier alpha value is -1.07. The number of hydrogen-bond acceptors (Lipinski definition) is 4. The average molecular weight is 292 g/mol. The molecule has 1 aliphatic carbocycles. The molecule has 3 aliphatic rings. The number of thiophene rings is 1. The van der Waals surface area contributed by atoms with E-state index in [1.54, 1.807) is 11.3 Å². The van der Waals surface area contributed by atoms with E-state index in [4.69, 9.17) is 4.74 Å². The van der Waals surface area contributed by atoms with E-state index in [0.29, 0.717) is 6.67 Å². The maximum atomic E-state index is 12.8. The van der Waals surface area contributed by atoms with Crippen molar-refractivity contribution in [3.05, 3.63) is 16.0 Å². The molecule has 1 N–H and O–H groups in total. The van der Waals surface area contributed by atoms with Crippen LogP contribution in [0.5, 0.6) is 0 Å². The van der Waals surface area contributed by atoms with Crippen LogP contribution in [0.1, 0.15) is 46.5 Å². The van der Waals surface area contributed by atoms with Crippen LogP contribution >= 0.6 is 11.3 Å². The van der Waals surface area contributed by atoms with E-state index in [1.165, 1.54) is 23.3 Å². The molecule has 1 unspecified atom stereocenters. The molecule has 108 valence electrons. The van der Waals surface area contributed by atoms with E-state index in [1.807, 2.05) is 4.90 Å². The van der Waals surface area contributed by atoms with E-state index in [2.05, 4.69) is 5.32 Å². The van der Waals surface area contributed by atoms with Gasteiger partial charge in [-0.15, -0.1) is 11.3 Å². The van der Waals surface area contributed by atoms with E-state index in [0.717, 1.165) is 49.4 Å². The summed E-state index contributed by atoms with van der Waals surface area (Å²) in [7, 11) is 0. The number of hydrogen-bond donors (Lipinski definition) is 1. The van der Waals surface area contributed by atoms with Gasteiger partial charge in [-0.3, -0.25) is 4.79 Å². The van der Waals surface area contributed by atoms with Gasteiger partial charge in [0, 0.05) is 18.0 Å². The summed E-state index contributed by atoms with van der Waals surface area (Å²) in [5.74, 6) is 0.216. The van der Waals surface area contributed by atoms with Crippen LogP contribution in [0.4, 0.5) is 5.00 Å². The van der Waals surface area contributed by atoms with Crippen molar-refractivity contribution in [2.24, 2.45) is 0 Å². The first-order valence-electron chi connectivity index (χ1n) is 7.62. The smallest absolute Gasteiger partial charge is 0.258 e. The number of nitrogens with zero attached hydrogens (tertiary/aromatic N) is 1. The Morgan fingerprint density at radius 2 is 2.20 bits per heavy atom. The number of carbonyl (C=O) groups excluding carboxylic acids is 1. The lowest BCUT2D eigenvalue weighted by Gasteiger charge is -2.30. The summed E-state index contributed by atoms with van der Waals surface area (Å²) in [6.45, 7) is 2.21. The lowest BCUT2D eigenvalue weighted by molar-refractivity contribution is 0.0534. The van der Waals surface area contributed by atoms with Crippen molar-refractivity contribution in [3.63, 3.8) is 0 Å². The Morgan fingerprint density at radius 3 is 3.05 bits per heavy atom. The second-order valence-corrected chi connectivity index (χ2v) is 7.02. The summed E-state index contributed by atoms with van der Waals surface area (Å²) in [5, 5.41) is 4.54. The summed E-state index contributed by atoms with van der Waals surface area (Å²) >= 11 is 1.80. The third-order valence-corrected chi connectivity index (χ3v) is 5.80. The highest BCUT2D eigenvalue weighted by atomic mass is 32.1. The molecule has 1 amide bonds. The monoisotopic (exact) mass is 292 g/mol. The van der Waals surface area contributed by atoms with Crippen LogP contribution in [-0.4, -0.2) is 36.7 Å². The van der Waals surface area contributed by atoms with Crippen LogP contribution in [0.15, 0.2) is 0 Å². The normalized spacial score (nSPS) is 25.3. The van der Waals surface area contributed by atoms with Crippen LogP contribution < -0.4 is 5.32 Å². The fraction of sp³-hybridized carbons (Fsp3) is 0.667. The highest BCUT2D eigenvalue weighted by Crippen LogP contribution is 2.40. The Kier molecular flexibility index (Phi) is 3.19. The first-order valence-corrected chi connectivity index (χ1v) is 8.44. The van der Waals surface area contributed by atoms with Gasteiger partial charge in [0.1, 0.15) is 5.00 Å². The molecule has 1 atom stereocenters. The molecule has 4 nitrogen and oxygen atoms in total. The van der Waals surface area contributed by atoms with Gasteiger partial charge in [0.25, 0.3) is 5.91 Å². The van der Waals surface area contributed by atoms with E-state index < -0.39 is 0 Å². The highest BCUT2D eigenvalue weighted by molar-refractivity contribution is 7.16. The second-order valence-electron chi connectivity index (χ2n) is 5.91. The summed E-state index contributed by atoms with van der Waals surface area (Å²) in [6, 6.07) is 0. The number of fused-ring (bicyclic) bond motifs is 3. The van der Waals surface area contributed by atoms with Crippen molar-refractivity contribution in [1.82, 2.24) is 4.90 Å². The Labute approximate surface area is 123 Å². The molecule has 0 radical (unpaired) electrons. The van der Waals surface area contributed by atoms with Crippen LogP contribution in [0.3, 0.4) is 0 Å². The lowest BCUT2D eigenvalue weighted by Crippen LogP contribution is -2.43. The van der Waals surface area contributed by atoms with Crippen LogP contribution in [0.25, 0.3) is 0 Å². The molecule has 0 aromatic carbocycles. The number of rotatable bonds is 2. The van der Waals surface area contributed by atoms with Gasteiger partial charge < -0.3 is 15.0 Å². The molecule has 0 bridgehead atoms. The average Bonchev–Trinajstić information content (AvgIpc) is 3.09. The summed E-state index contributed by atoms with van der Waals surface area (Å²) < 4.78 is 5.67. The molecule has 1 aromatic heterocycles. The molecular weight excluding hydrogens is 272 g/mol. The first kappa shape index (κ1) is 12.7. The summed E-state index contributed by atoms with van der Waals surface area (Å²) in [5.41, 5.74) is 2.29. The summed E-state index contributed by atoms with van der Waals surface area (Å²) in [6.07, 6.45) is 7.14. The van der Waals surface area contributed by atoms with Gasteiger partial charge in [0.15, 0.2) is 0 Å². The van der Waals surface area contributed by atoms with Crippen LogP contribution in [0.2, 0.25) is 0 Å². The Bertz CT molecular complexity index is 534. The molecule has 1 aromatic rings. The zero-order valence-electron chi connectivity index (χ0n) is 11.6. The van der Waals surface area contributed by atoms with Gasteiger partial charge in [0.05, 0.1) is 18.3 Å². The SMILES string of the molecule is O=C1c2c(sc3c2CCCC3)NCN1CC1CCCO1. The fourth-order valence-corrected chi connectivity index (χ4v) is 4.76. The quantitative estimate of drug-likeness (QED) is 0.911. The standard InChI is InChI=1S/C15H20N2O2S/c18-15-13-11-5-1-2-6-12(11)20-14(13)16-9-17(15)8-10-4-3-7-19-10/h10,16H,1-9H2. The van der Waals surface area contributed by atoms with E-state index >= 15 is 0 Å². The Balaban J connectivity index is 1.59. The van der Waals surface area contributed by atoms with Gasteiger partial charge in [-0.2, -0.15) is 0 Å². The van der Waals surface area contributed by atoms with Gasteiger partial charge in [0.2, 0.25) is 0 Å². The molecule has 3 heterocycles. The third-order valence-electron chi connectivity index (χ3n) is 4.55. The number of aryl methyl sites for hydroxylation is 1. The molecular formula is C15H20N2O2S. The number of anilines is 1. The number of ether oxygens (including phenoxy) is 1. The Morgan fingerprint density at radius 1 is 1.30 bits per heavy atom. The molecule has 1 saturated heterocycles. The number of carbonyl (C=O) groups is 1. The van der Waals surface area contributed by atoms with Gasteiger partial charge in [-0.25, -0.2) is 0 Å². The number of nitrogens with one attached hydrogen (secondary N) is 1. The minimum atomic E-state index is 0.216. The molecule has 4 rings (SSSR count). The van der Waals surface area contributed by atoms with Crippen molar-refractivity contribution in [1.29, 1.82) is 0 Å². The maximum absolute atomic E-state index is 12.8. The largest absolute Gasteiger partial charge is 0.376 e. The number of amides is 1. The minimum absolute atomic E-state index is 0.216. The van der Waals surface area contributed by atoms with Gasteiger partial charge in [-0.1, -0.05) is 0 Å². The molecule has 0 spiro atoms. The lowest BCUT2D eigenvalue weighted by atomic mass is 9.94. The minimum Gasteiger partial charge on any atom is -0.376 e. The molecule has 1 fully saturated rings. The fourth-order valence-electron chi connectivity index (χ4n) is 3.50. The van der Waals surface area contributed by atoms with Crippen LogP contribution in [0, 0.1) is 0 Å². The van der Waals surface area contributed by atoms with Crippen molar-refractivity contribution in [3.8, 4) is 0 Å². The molecule has 5 heteroatoms. The van der Waals surface area contributed by atoms with Crippen molar-refractivity contribution in [2.45, 2.75) is 44.6 Å². The predicted molar refractivity (Wildman–Crippen MR) is 79.5 cm³/mol. The van der Waals surface area contributed by atoms with Gasteiger partial charge in [-0.05, 0) is 44.1 Å². The van der Waals surface area contributed by atoms with E-state index in [-0.39, 0.29) is 12.0 Å². The third kappa shape index (κ3) is 2.04. The highest BCUT2D eigenvalue weighted by Gasteiger charge is 2.33. The molecule has 0 saturated carbocycles. The first-order chi connectivity index (χ1) is 9.83. The molecule has 20 heavy (non-hydrogen) atoms. The topological polar surface area (TPSA) is 41.6 Å². The van der Waals surface area contributed by atoms with Crippen molar-refractivity contribution in [2.75, 3.05) is 25.1 Å². The van der Waals surface area contributed by atoms with Gasteiger partial charge >= 0.3 is 0 Å². The second kappa shape index (κ2) is 5.04. The maximum Gasteiger partial charge on any atom is 0.258 e. The molecule has 2 aliphatic heterocycles. The van der Waals surface area contributed by atoms with E-state index in [9.17, 15) is 4.79 Å².